The fourth-order valence-electron chi connectivity index (χ4n) is 1.03. The lowest BCUT2D eigenvalue weighted by atomic mass is 9.91. The molecule has 1 aromatic heterocycles. The average Bonchev–Trinajstić information content (AvgIpc) is 2.26. The molecule has 1 heterocycles. The third-order valence-corrected chi connectivity index (χ3v) is 1.86. The van der Waals surface area contributed by atoms with Gasteiger partial charge in [0.05, 0.1) is 0 Å². The van der Waals surface area contributed by atoms with E-state index in [4.69, 9.17) is 12.8 Å². The predicted octanol–water partition coefficient (Wildman–Crippen LogP) is 3.11. The fraction of sp³-hybridized carbons (Fsp3) is 0.312. The molecular formula is C16H20N2. The van der Waals surface area contributed by atoms with Crippen LogP contribution in [0.25, 0.3) is 0 Å². The molecule has 0 spiro atoms. The minimum atomic E-state index is 0. The summed E-state index contributed by atoms with van der Waals surface area (Å²) in [7, 11) is 0. The molecule has 3 N–H and O–H groups in total. The summed E-state index contributed by atoms with van der Waals surface area (Å²) in [5.41, 5.74) is 2.43. The number of terminal acetylenes is 2. The van der Waals surface area contributed by atoms with Gasteiger partial charge >= 0.3 is 0 Å². The Bertz CT molecular complexity index is 479. The Morgan fingerprint density at radius 1 is 1.06 bits per heavy atom. The number of aromatic nitrogens is 1. The summed E-state index contributed by atoms with van der Waals surface area (Å²) in [6.45, 7) is 8.55. The first-order valence-corrected chi connectivity index (χ1v) is 5.27. The van der Waals surface area contributed by atoms with E-state index in [0.717, 1.165) is 11.4 Å². The maximum absolute atomic E-state index is 4.70. The van der Waals surface area contributed by atoms with E-state index in [1.807, 2.05) is 13.0 Å². The van der Waals surface area contributed by atoms with Gasteiger partial charge in [-0.25, -0.2) is 0 Å². The van der Waals surface area contributed by atoms with Crippen molar-refractivity contribution < 1.29 is 0 Å². The first-order valence-electron chi connectivity index (χ1n) is 5.27. The molecule has 2 heteroatoms. The third-order valence-electron chi connectivity index (χ3n) is 1.86. The van der Waals surface area contributed by atoms with Gasteiger partial charge in [-0.1, -0.05) is 26.8 Å². The second-order valence-corrected chi connectivity index (χ2v) is 4.45. The maximum atomic E-state index is 4.70. The van der Waals surface area contributed by atoms with Crippen LogP contribution in [0.4, 0.5) is 0 Å². The molecule has 2 nitrogen and oxygen atoms in total. The van der Waals surface area contributed by atoms with E-state index in [1.165, 1.54) is 0 Å². The highest BCUT2D eigenvalue weighted by Gasteiger charge is 2.14. The van der Waals surface area contributed by atoms with Crippen LogP contribution in [0.2, 0.25) is 0 Å². The lowest BCUT2D eigenvalue weighted by molar-refractivity contribution is 0.567. The van der Waals surface area contributed by atoms with Crippen molar-refractivity contribution in [1.29, 1.82) is 0 Å². The van der Waals surface area contributed by atoms with Crippen molar-refractivity contribution in [3.63, 3.8) is 0 Å². The Morgan fingerprint density at radius 2 is 1.56 bits per heavy atom. The number of hydrogen-bond acceptors (Lipinski definition) is 2. The molecule has 0 radical (unpaired) electrons. The highest BCUT2D eigenvalue weighted by molar-refractivity contribution is 5.31. The van der Waals surface area contributed by atoms with Crippen LogP contribution in [0.5, 0.6) is 0 Å². The van der Waals surface area contributed by atoms with Crippen LogP contribution in [0, 0.1) is 43.5 Å². The molecule has 0 unspecified atom stereocenters. The van der Waals surface area contributed by atoms with Gasteiger partial charge in [-0.2, -0.15) is 0 Å². The van der Waals surface area contributed by atoms with Gasteiger partial charge < -0.3 is 6.15 Å². The number of nitrogens with zero attached hydrogens (tertiary/aromatic N) is 1. The van der Waals surface area contributed by atoms with Gasteiger partial charge in [0.15, 0.2) is 0 Å². The highest BCUT2D eigenvalue weighted by atomic mass is 14.7. The molecule has 94 valence electrons. The summed E-state index contributed by atoms with van der Waals surface area (Å²) in [6, 6.07) is 6.16. The number of aryl methyl sites for hydroxylation is 1. The SMILES string of the molecule is C#CC#CC#C.Cc1cccc(C(C)(C)C)n1.N. The van der Waals surface area contributed by atoms with Crippen LogP contribution in [-0.4, -0.2) is 4.98 Å². The summed E-state index contributed by atoms with van der Waals surface area (Å²) in [6.07, 6.45) is 9.39. The summed E-state index contributed by atoms with van der Waals surface area (Å²) < 4.78 is 0. The summed E-state index contributed by atoms with van der Waals surface area (Å²) in [5.74, 6) is 8.61. The Morgan fingerprint density at radius 3 is 1.83 bits per heavy atom. The normalized spacial score (nSPS) is 8.11. The zero-order valence-electron chi connectivity index (χ0n) is 11.5. The minimum absolute atomic E-state index is 0. The molecule has 0 aliphatic heterocycles. The van der Waals surface area contributed by atoms with Crippen molar-refractivity contribution in [2.45, 2.75) is 33.1 Å². The van der Waals surface area contributed by atoms with Crippen LogP contribution < -0.4 is 6.15 Å². The van der Waals surface area contributed by atoms with E-state index < -0.39 is 0 Å². The van der Waals surface area contributed by atoms with E-state index in [1.54, 1.807) is 0 Å². The van der Waals surface area contributed by atoms with Crippen molar-refractivity contribution in [1.82, 2.24) is 11.1 Å². The topological polar surface area (TPSA) is 47.9 Å². The van der Waals surface area contributed by atoms with E-state index in [0.29, 0.717) is 0 Å². The molecule has 0 bridgehead atoms. The first-order chi connectivity index (χ1) is 7.91. The smallest absolute Gasteiger partial charge is 0.0460 e. The Kier molecular flexibility index (Phi) is 8.97. The molecule has 0 saturated carbocycles. The molecule has 0 aliphatic carbocycles. The van der Waals surface area contributed by atoms with Crippen molar-refractivity contribution in [2.24, 2.45) is 0 Å². The number of pyridine rings is 1. The van der Waals surface area contributed by atoms with Crippen molar-refractivity contribution in [3.05, 3.63) is 29.6 Å². The van der Waals surface area contributed by atoms with Gasteiger partial charge in [0.2, 0.25) is 0 Å². The van der Waals surface area contributed by atoms with Crippen LogP contribution in [0.1, 0.15) is 32.2 Å². The van der Waals surface area contributed by atoms with Gasteiger partial charge in [-0.15, -0.1) is 12.8 Å². The molecule has 1 aromatic rings. The second kappa shape index (κ2) is 8.89. The maximum Gasteiger partial charge on any atom is 0.0460 e. The van der Waals surface area contributed by atoms with E-state index in [9.17, 15) is 0 Å². The van der Waals surface area contributed by atoms with Crippen LogP contribution >= 0.6 is 0 Å². The van der Waals surface area contributed by atoms with Crippen LogP contribution in [0.3, 0.4) is 0 Å². The van der Waals surface area contributed by atoms with E-state index in [-0.39, 0.29) is 11.6 Å². The molecule has 0 aliphatic rings. The van der Waals surface area contributed by atoms with Gasteiger partial charge in [-0.3, -0.25) is 4.98 Å². The Balaban J connectivity index is 0. The highest BCUT2D eigenvalue weighted by Crippen LogP contribution is 2.19. The van der Waals surface area contributed by atoms with Gasteiger partial charge in [0.25, 0.3) is 0 Å². The summed E-state index contributed by atoms with van der Waals surface area (Å²) >= 11 is 0. The molecule has 18 heavy (non-hydrogen) atoms. The minimum Gasteiger partial charge on any atom is -0.344 e. The standard InChI is InChI=1S/C10H15N.C6H2.H3N/c1-8-6-5-7-9(11-8)10(2,3)4;1-3-5-6-4-2;/h5-7H,1-4H3;1-2H;1H3. The zero-order chi connectivity index (χ0) is 13.3. The molecule has 0 saturated heterocycles. The first kappa shape index (κ1) is 18.2. The quantitative estimate of drug-likeness (QED) is 0.708. The lowest BCUT2D eigenvalue weighted by Gasteiger charge is -2.17. The van der Waals surface area contributed by atoms with Gasteiger partial charge in [0, 0.05) is 16.8 Å². The Hall–Kier alpha value is -2.21. The van der Waals surface area contributed by atoms with Crippen molar-refractivity contribution in [2.75, 3.05) is 0 Å². The molecule has 0 fully saturated rings. The van der Waals surface area contributed by atoms with Crippen molar-refractivity contribution >= 4 is 0 Å². The summed E-state index contributed by atoms with van der Waals surface area (Å²) in [5, 5.41) is 0. The molecule has 0 aromatic carbocycles. The molecule has 1 rings (SSSR count). The molecule has 0 amide bonds. The zero-order valence-corrected chi connectivity index (χ0v) is 11.5. The average molecular weight is 240 g/mol. The number of hydrogen-bond donors (Lipinski definition) is 1. The summed E-state index contributed by atoms with van der Waals surface area (Å²) in [4.78, 5) is 4.44. The van der Waals surface area contributed by atoms with Gasteiger partial charge in [-0.05, 0) is 42.7 Å². The second-order valence-electron chi connectivity index (χ2n) is 4.45. The molecule has 0 atom stereocenters. The largest absolute Gasteiger partial charge is 0.344 e. The monoisotopic (exact) mass is 240 g/mol. The third kappa shape index (κ3) is 8.00. The van der Waals surface area contributed by atoms with E-state index >= 15 is 0 Å². The molecular weight excluding hydrogens is 220 g/mol. The predicted molar refractivity (Wildman–Crippen MR) is 78.1 cm³/mol. The van der Waals surface area contributed by atoms with Crippen LogP contribution in [0.15, 0.2) is 18.2 Å². The van der Waals surface area contributed by atoms with Crippen molar-refractivity contribution in [3.8, 4) is 36.5 Å². The Labute approximate surface area is 111 Å². The number of rotatable bonds is 0. The van der Waals surface area contributed by atoms with E-state index in [2.05, 4.69) is 61.6 Å². The fourth-order valence-corrected chi connectivity index (χ4v) is 1.03. The lowest BCUT2D eigenvalue weighted by Crippen LogP contribution is -2.13. The van der Waals surface area contributed by atoms with Crippen LogP contribution in [-0.2, 0) is 5.41 Å². The van der Waals surface area contributed by atoms with Gasteiger partial charge in [0.1, 0.15) is 0 Å².